The maximum absolute atomic E-state index is 13.0. The number of hydrogen-bond acceptors (Lipinski definition) is 4. The molecule has 0 aliphatic heterocycles. The first-order valence-electron chi connectivity index (χ1n) is 8.85. The number of rotatable bonds is 2. The van der Waals surface area contributed by atoms with E-state index < -0.39 is 0 Å². The largest absolute Gasteiger partial charge is 0.311 e. The van der Waals surface area contributed by atoms with Gasteiger partial charge in [-0.15, -0.1) is 11.3 Å². The molecule has 0 saturated heterocycles. The molecule has 0 bridgehead atoms. The van der Waals surface area contributed by atoms with E-state index in [1.807, 2.05) is 32.0 Å². The van der Waals surface area contributed by atoms with Crippen LogP contribution >= 0.6 is 11.3 Å². The molecule has 0 saturated carbocycles. The minimum atomic E-state index is -0.323. The molecule has 1 aliphatic carbocycles. The summed E-state index contributed by atoms with van der Waals surface area (Å²) in [4.78, 5) is 33.9. The second kappa shape index (κ2) is 6.36. The SMILES string of the molecule is Cc1ccc(N(C)C(=O)c2cnc3sc4c(n3c2=O)CCCC4)cc1C. The summed E-state index contributed by atoms with van der Waals surface area (Å²) in [6.45, 7) is 4.04. The highest BCUT2D eigenvalue weighted by molar-refractivity contribution is 7.17. The van der Waals surface area contributed by atoms with Crippen molar-refractivity contribution in [2.75, 3.05) is 11.9 Å². The molecule has 4 rings (SSSR count). The van der Waals surface area contributed by atoms with E-state index in [0.29, 0.717) is 4.96 Å². The maximum Gasteiger partial charge on any atom is 0.271 e. The summed E-state index contributed by atoms with van der Waals surface area (Å²) in [5, 5.41) is 0. The van der Waals surface area contributed by atoms with Gasteiger partial charge in [0.25, 0.3) is 11.5 Å². The average molecular weight is 367 g/mol. The standard InChI is InChI=1S/C20H21N3O2S/c1-12-8-9-14(10-13(12)2)22(3)18(24)15-11-21-20-23(19(15)25)16-6-4-5-7-17(16)26-20/h8-11H,4-7H2,1-3H3. The van der Waals surface area contributed by atoms with Gasteiger partial charge in [-0.1, -0.05) is 6.07 Å². The third kappa shape index (κ3) is 2.65. The van der Waals surface area contributed by atoms with E-state index in [2.05, 4.69) is 4.98 Å². The van der Waals surface area contributed by atoms with Crippen molar-refractivity contribution in [2.24, 2.45) is 0 Å². The third-order valence-electron chi connectivity index (χ3n) is 5.22. The topological polar surface area (TPSA) is 54.7 Å². The fourth-order valence-electron chi connectivity index (χ4n) is 3.45. The second-order valence-corrected chi connectivity index (χ2v) is 7.97. The lowest BCUT2D eigenvalue weighted by Crippen LogP contribution is -2.33. The number of aromatic nitrogens is 2. The Balaban J connectivity index is 1.78. The number of thiazole rings is 1. The number of nitrogens with zero attached hydrogens (tertiary/aromatic N) is 3. The van der Waals surface area contributed by atoms with E-state index in [-0.39, 0.29) is 17.0 Å². The summed E-state index contributed by atoms with van der Waals surface area (Å²) < 4.78 is 1.65. The first-order chi connectivity index (χ1) is 12.5. The highest BCUT2D eigenvalue weighted by Crippen LogP contribution is 2.28. The van der Waals surface area contributed by atoms with Crippen molar-refractivity contribution in [1.82, 2.24) is 9.38 Å². The molecule has 3 aromatic rings. The second-order valence-electron chi connectivity index (χ2n) is 6.91. The highest BCUT2D eigenvalue weighted by atomic mass is 32.1. The van der Waals surface area contributed by atoms with Crippen LogP contribution < -0.4 is 10.5 Å². The van der Waals surface area contributed by atoms with Crippen LogP contribution in [0.4, 0.5) is 5.69 Å². The van der Waals surface area contributed by atoms with Gasteiger partial charge >= 0.3 is 0 Å². The zero-order chi connectivity index (χ0) is 18.4. The predicted molar refractivity (Wildman–Crippen MR) is 105 cm³/mol. The Hall–Kier alpha value is -2.47. The van der Waals surface area contributed by atoms with E-state index in [0.717, 1.165) is 42.6 Å². The molecule has 0 fully saturated rings. The van der Waals surface area contributed by atoms with Gasteiger partial charge in [-0.3, -0.25) is 14.0 Å². The number of hydrogen-bond donors (Lipinski definition) is 0. The number of carbonyl (C=O) groups excluding carboxylic acids is 1. The molecular weight excluding hydrogens is 346 g/mol. The van der Waals surface area contributed by atoms with Crippen molar-refractivity contribution in [1.29, 1.82) is 0 Å². The van der Waals surface area contributed by atoms with Crippen LogP contribution in [0.15, 0.2) is 29.2 Å². The third-order valence-corrected chi connectivity index (χ3v) is 6.37. The van der Waals surface area contributed by atoms with Crippen LogP contribution in [0.25, 0.3) is 4.96 Å². The number of fused-ring (bicyclic) bond motifs is 3. The molecule has 134 valence electrons. The van der Waals surface area contributed by atoms with E-state index >= 15 is 0 Å². The van der Waals surface area contributed by atoms with Crippen LogP contribution in [0.5, 0.6) is 0 Å². The van der Waals surface area contributed by atoms with Gasteiger partial charge in [-0.05, 0) is 62.8 Å². The summed E-state index contributed by atoms with van der Waals surface area (Å²) >= 11 is 1.57. The van der Waals surface area contributed by atoms with Crippen molar-refractivity contribution in [3.63, 3.8) is 0 Å². The van der Waals surface area contributed by atoms with Crippen molar-refractivity contribution < 1.29 is 4.79 Å². The molecule has 2 aromatic heterocycles. The van der Waals surface area contributed by atoms with Gasteiger partial charge in [0.15, 0.2) is 4.96 Å². The maximum atomic E-state index is 13.0. The van der Waals surface area contributed by atoms with E-state index in [1.54, 1.807) is 22.8 Å². The van der Waals surface area contributed by atoms with Crippen LogP contribution in [0, 0.1) is 13.8 Å². The van der Waals surface area contributed by atoms with Gasteiger partial charge in [-0.25, -0.2) is 4.98 Å². The quantitative estimate of drug-likeness (QED) is 0.696. The van der Waals surface area contributed by atoms with Crippen molar-refractivity contribution in [3.05, 3.63) is 62.0 Å². The van der Waals surface area contributed by atoms with Crippen LogP contribution in [-0.4, -0.2) is 22.3 Å². The molecule has 0 atom stereocenters. The van der Waals surface area contributed by atoms with Crippen LogP contribution in [0.2, 0.25) is 0 Å². The zero-order valence-corrected chi connectivity index (χ0v) is 16.0. The number of anilines is 1. The van der Waals surface area contributed by atoms with Crippen molar-refractivity contribution >= 4 is 27.9 Å². The molecule has 0 radical (unpaired) electrons. The monoisotopic (exact) mass is 367 g/mol. The smallest absolute Gasteiger partial charge is 0.271 e. The molecule has 5 nitrogen and oxygen atoms in total. The minimum Gasteiger partial charge on any atom is -0.311 e. The summed E-state index contributed by atoms with van der Waals surface area (Å²) in [6.07, 6.45) is 5.53. The Labute approximate surface area is 155 Å². The lowest BCUT2D eigenvalue weighted by Gasteiger charge is -2.18. The van der Waals surface area contributed by atoms with Gasteiger partial charge < -0.3 is 4.90 Å². The number of amides is 1. The van der Waals surface area contributed by atoms with Gasteiger partial charge in [-0.2, -0.15) is 0 Å². The lowest BCUT2D eigenvalue weighted by atomic mass is 10.0. The first-order valence-corrected chi connectivity index (χ1v) is 9.66. The van der Waals surface area contributed by atoms with Crippen LogP contribution in [0.1, 0.15) is 44.9 Å². The normalized spacial score (nSPS) is 13.7. The Kier molecular flexibility index (Phi) is 4.15. The minimum absolute atomic E-state index is 0.120. The zero-order valence-electron chi connectivity index (χ0n) is 15.2. The van der Waals surface area contributed by atoms with E-state index in [1.165, 1.54) is 21.5 Å². The van der Waals surface area contributed by atoms with Gasteiger partial charge in [0.1, 0.15) is 5.56 Å². The molecule has 26 heavy (non-hydrogen) atoms. The van der Waals surface area contributed by atoms with Crippen LogP contribution in [0.3, 0.4) is 0 Å². The molecule has 1 aliphatic rings. The molecule has 6 heteroatoms. The van der Waals surface area contributed by atoms with Crippen molar-refractivity contribution in [3.8, 4) is 0 Å². The lowest BCUT2D eigenvalue weighted by molar-refractivity contribution is 0.0991. The Morgan fingerprint density at radius 1 is 1.19 bits per heavy atom. The van der Waals surface area contributed by atoms with Crippen molar-refractivity contribution in [2.45, 2.75) is 39.5 Å². The number of aryl methyl sites for hydroxylation is 4. The fourth-order valence-corrected chi connectivity index (χ4v) is 4.62. The number of benzene rings is 1. The summed E-state index contributed by atoms with van der Waals surface area (Å²) in [7, 11) is 1.70. The summed E-state index contributed by atoms with van der Waals surface area (Å²) in [5.41, 5.74) is 3.96. The van der Waals surface area contributed by atoms with E-state index in [4.69, 9.17) is 0 Å². The van der Waals surface area contributed by atoms with E-state index in [9.17, 15) is 9.59 Å². The first kappa shape index (κ1) is 17.0. The molecule has 1 amide bonds. The van der Waals surface area contributed by atoms with Gasteiger partial charge in [0, 0.05) is 29.5 Å². The molecular formula is C20H21N3O2S. The summed E-state index contributed by atoms with van der Waals surface area (Å²) in [5.74, 6) is -0.323. The fraction of sp³-hybridized carbons (Fsp3) is 0.350. The van der Waals surface area contributed by atoms with Gasteiger partial charge in [0.05, 0.1) is 0 Å². The number of carbonyl (C=O) groups is 1. The molecule has 0 spiro atoms. The van der Waals surface area contributed by atoms with Gasteiger partial charge in [0.2, 0.25) is 0 Å². The Morgan fingerprint density at radius 2 is 1.96 bits per heavy atom. The highest BCUT2D eigenvalue weighted by Gasteiger charge is 2.23. The molecule has 0 unspecified atom stereocenters. The van der Waals surface area contributed by atoms with Crippen LogP contribution in [-0.2, 0) is 12.8 Å². The predicted octanol–water partition coefficient (Wildman–Crippen LogP) is 3.53. The molecule has 1 aromatic carbocycles. The molecule has 0 N–H and O–H groups in total. The Morgan fingerprint density at radius 3 is 2.73 bits per heavy atom. The molecule has 2 heterocycles. The summed E-state index contributed by atoms with van der Waals surface area (Å²) in [6, 6.07) is 5.84. The average Bonchev–Trinajstić information content (AvgIpc) is 3.02. The Bertz CT molecular complexity index is 1080.